The van der Waals surface area contributed by atoms with E-state index in [0.29, 0.717) is 17.9 Å². The number of esters is 1. The standard InChI is InChI=1S/C13H25NO2S/c1-5-16-12(15)13(4,14-11-6-7-11)8-9-17-10(2)3/h10-11,14H,5-9H2,1-4H3. The zero-order valence-corrected chi connectivity index (χ0v) is 12.2. The monoisotopic (exact) mass is 259 g/mol. The molecule has 1 N–H and O–H groups in total. The molecule has 100 valence electrons. The van der Waals surface area contributed by atoms with Gasteiger partial charge >= 0.3 is 5.97 Å². The number of nitrogens with one attached hydrogen (secondary N) is 1. The van der Waals surface area contributed by atoms with Gasteiger partial charge in [0.2, 0.25) is 0 Å². The van der Waals surface area contributed by atoms with E-state index in [-0.39, 0.29) is 5.97 Å². The molecule has 0 spiro atoms. The summed E-state index contributed by atoms with van der Waals surface area (Å²) in [6.07, 6.45) is 3.21. The molecule has 0 aromatic carbocycles. The molecule has 0 heterocycles. The number of rotatable bonds is 8. The number of hydrogen-bond acceptors (Lipinski definition) is 4. The zero-order valence-electron chi connectivity index (χ0n) is 11.4. The predicted molar refractivity (Wildman–Crippen MR) is 73.4 cm³/mol. The fourth-order valence-electron chi connectivity index (χ4n) is 1.70. The predicted octanol–water partition coefficient (Wildman–Crippen LogP) is 2.59. The molecule has 1 fully saturated rings. The van der Waals surface area contributed by atoms with E-state index in [1.54, 1.807) is 0 Å². The van der Waals surface area contributed by atoms with E-state index in [0.717, 1.165) is 12.2 Å². The van der Waals surface area contributed by atoms with E-state index in [2.05, 4.69) is 19.2 Å². The van der Waals surface area contributed by atoms with Gasteiger partial charge in [-0.1, -0.05) is 13.8 Å². The van der Waals surface area contributed by atoms with Crippen molar-refractivity contribution in [1.82, 2.24) is 5.32 Å². The van der Waals surface area contributed by atoms with Gasteiger partial charge in [0.1, 0.15) is 5.54 Å². The second kappa shape index (κ2) is 6.64. The van der Waals surface area contributed by atoms with Crippen molar-refractivity contribution in [3.8, 4) is 0 Å². The van der Waals surface area contributed by atoms with Crippen LogP contribution in [0.3, 0.4) is 0 Å². The Balaban J connectivity index is 2.47. The van der Waals surface area contributed by atoms with Gasteiger partial charge in [-0.3, -0.25) is 10.1 Å². The van der Waals surface area contributed by atoms with Gasteiger partial charge in [0.15, 0.2) is 0 Å². The molecule has 1 aliphatic rings. The van der Waals surface area contributed by atoms with E-state index in [4.69, 9.17) is 4.74 Å². The molecular weight excluding hydrogens is 234 g/mol. The Morgan fingerprint density at radius 2 is 2.18 bits per heavy atom. The highest BCUT2D eigenvalue weighted by Crippen LogP contribution is 2.26. The molecule has 0 bridgehead atoms. The summed E-state index contributed by atoms with van der Waals surface area (Å²) >= 11 is 1.89. The second-order valence-corrected chi connectivity index (χ2v) is 6.83. The summed E-state index contributed by atoms with van der Waals surface area (Å²) in [4.78, 5) is 12.0. The first-order valence-corrected chi connectivity index (χ1v) is 7.59. The number of carbonyl (C=O) groups is 1. The summed E-state index contributed by atoms with van der Waals surface area (Å²) < 4.78 is 5.18. The first-order valence-electron chi connectivity index (χ1n) is 6.54. The van der Waals surface area contributed by atoms with E-state index in [1.165, 1.54) is 12.8 Å². The van der Waals surface area contributed by atoms with Crippen molar-refractivity contribution < 1.29 is 9.53 Å². The summed E-state index contributed by atoms with van der Waals surface area (Å²) in [6, 6.07) is 0.522. The molecule has 1 aliphatic carbocycles. The van der Waals surface area contributed by atoms with Gasteiger partial charge < -0.3 is 4.74 Å². The number of hydrogen-bond donors (Lipinski definition) is 1. The maximum absolute atomic E-state index is 12.0. The molecule has 17 heavy (non-hydrogen) atoms. The van der Waals surface area contributed by atoms with Crippen LogP contribution in [0.15, 0.2) is 0 Å². The van der Waals surface area contributed by atoms with Crippen LogP contribution in [-0.4, -0.2) is 35.2 Å². The van der Waals surface area contributed by atoms with Gasteiger partial charge in [-0.25, -0.2) is 0 Å². The molecule has 3 nitrogen and oxygen atoms in total. The lowest BCUT2D eigenvalue weighted by atomic mass is 9.99. The Hall–Kier alpha value is -0.220. The fraction of sp³-hybridized carbons (Fsp3) is 0.923. The number of carbonyl (C=O) groups excluding carboxylic acids is 1. The number of thioether (sulfide) groups is 1. The fourth-order valence-corrected chi connectivity index (χ4v) is 2.70. The molecule has 0 radical (unpaired) electrons. The van der Waals surface area contributed by atoms with Gasteiger partial charge in [0.25, 0.3) is 0 Å². The highest BCUT2D eigenvalue weighted by molar-refractivity contribution is 7.99. The molecule has 1 rings (SSSR count). The molecule has 0 aromatic rings. The molecule has 0 aliphatic heterocycles. The average molecular weight is 259 g/mol. The molecule has 0 amide bonds. The Morgan fingerprint density at radius 1 is 1.53 bits per heavy atom. The van der Waals surface area contributed by atoms with Crippen molar-refractivity contribution in [3.63, 3.8) is 0 Å². The minimum absolute atomic E-state index is 0.101. The molecule has 0 aromatic heterocycles. The van der Waals surface area contributed by atoms with Crippen LogP contribution in [0.1, 0.15) is 47.0 Å². The molecular formula is C13H25NO2S. The van der Waals surface area contributed by atoms with Crippen LogP contribution < -0.4 is 5.32 Å². The largest absolute Gasteiger partial charge is 0.465 e. The lowest BCUT2D eigenvalue weighted by Gasteiger charge is -2.28. The molecule has 1 saturated carbocycles. The van der Waals surface area contributed by atoms with Crippen molar-refractivity contribution in [2.24, 2.45) is 0 Å². The van der Waals surface area contributed by atoms with Gasteiger partial charge in [-0.15, -0.1) is 0 Å². The number of ether oxygens (including phenoxy) is 1. The maximum Gasteiger partial charge on any atom is 0.326 e. The van der Waals surface area contributed by atoms with Crippen LogP contribution >= 0.6 is 11.8 Å². The summed E-state index contributed by atoms with van der Waals surface area (Å²) in [5.41, 5.74) is -0.501. The Kier molecular flexibility index (Phi) is 5.80. The van der Waals surface area contributed by atoms with Crippen LogP contribution in [0.2, 0.25) is 0 Å². The average Bonchev–Trinajstić information content (AvgIpc) is 3.01. The van der Waals surface area contributed by atoms with Gasteiger partial charge in [0.05, 0.1) is 6.61 Å². The zero-order chi connectivity index (χ0) is 12.9. The van der Waals surface area contributed by atoms with Crippen LogP contribution in [0.5, 0.6) is 0 Å². The third-order valence-electron chi connectivity index (χ3n) is 2.88. The Morgan fingerprint density at radius 3 is 2.65 bits per heavy atom. The Bertz CT molecular complexity index is 254. The molecule has 1 unspecified atom stereocenters. The first kappa shape index (κ1) is 14.8. The molecule has 1 atom stereocenters. The first-order chi connectivity index (χ1) is 7.98. The van der Waals surface area contributed by atoms with E-state index in [9.17, 15) is 4.79 Å². The molecule has 4 heteroatoms. The Labute approximate surface area is 109 Å². The van der Waals surface area contributed by atoms with Crippen LogP contribution in [0.4, 0.5) is 0 Å². The highest BCUT2D eigenvalue weighted by Gasteiger charge is 2.39. The smallest absolute Gasteiger partial charge is 0.326 e. The van der Waals surface area contributed by atoms with Crippen LogP contribution in [0.25, 0.3) is 0 Å². The van der Waals surface area contributed by atoms with Crippen molar-refractivity contribution in [2.45, 2.75) is 63.8 Å². The lowest BCUT2D eigenvalue weighted by molar-refractivity contribution is -0.150. The lowest BCUT2D eigenvalue weighted by Crippen LogP contribution is -2.52. The maximum atomic E-state index is 12.0. The minimum Gasteiger partial charge on any atom is -0.465 e. The summed E-state index contributed by atoms with van der Waals surface area (Å²) in [5, 5.41) is 4.05. The normalized spacial score (nSPS) is 19.1. The van der Waals surface area contributed by atoms with Crippen molar-refractivity contribution in [3.05, 3.63) is 0 Å². The van der Waals surface area contributed by atoms with Crippen molar-refractivity contribution >= 4 is 17.7 Å². The van der Waals surface area contributed by atoms with E-state index < -0.39 is 5.54 Å². The third kappa shape index (κ3) is 5.30. The SMILES string of the molecule is CCOC(=O)C(C)(CCSC(C)C)NC1CC1. The highest BCUT2D eigenvalue weighted by atomic mass is 32.2. The van der Waals surface area contributed by atoms with Crippen molar-refractivity contribution in [2.75, 3.05) is 12.4 Å². The quantitative estimate of drug-likeness (QED) is 0.680. The van der Waals surface area contributed by atoms with Gasteiger partial charge in [-0.05, 0) is 44.1 Å². The van der Waals surface area contributed by atoms with Crippen LogP contribution in [-0.2, 0) is 9.53 Å². The third-order valence-corrected chi connectivity index (χ3v) is 3.99. The summed E-state index contributed by atoms with van der Waals surface area (Å²) in [5.74, 6) is 0.892. The molecule has 0 saturated heterocycles. The van der Waals surface area contributed by atoms with E-state index >= 15 is 0 Å². The summed E-state index contributed by atoms with van der Waals surface area (Å²) in [6.45, 7) is 8.65. The summed E-state index contributed by atoms with van der Waals surface area (Å²) in [7, 11) is 0. The van der Waals surface area contributed by atoms with Gasteiger partial charge in [0, 0.05) is 6.04 Å². The van der Waals surface area contributed by atoms with Crippen LogP contribution in [0, 0.1) is 0 Å². The van der Waals surface area contributed by atoms with Gasteiger partial charge in [-0.2, -0.15) is 11.8 Å². The van der Waals surface area contributed by atoms with Crippen molar-refractivity contribution in [1.29, 1.82) is 0 Å². The minimum atomic E-state index is -0.501. The van der Waals surface area contributed by atoms with E-state index in [1.807, 2.05) is 25.6 Å². The second-order valence-electron chi connectivity index (χ2n) is 5.14. The topological polar surface area (TPSA) is 38.3 Å².